The molecule has 1 aromatic carbocycles. The second kappa shape index (κ2) is 7.59. The lowest BCUT2D eigenvalue weighted by Crippen LogP contribution is -2.26. The smallest absolute Gasteiger partial charge is 0.256 e. The van der Waals surface area contributed by atoms with Gasteiger partial charge in [-0.25, -0.2) is 9.97 Å². The maximum absolute atomic E-state index is 12.3. The fourth-order valence-corrected chi connectivity index (χ4v) is 2.55. The Bertz CT molecular complexity index is 829. The van der Waals surface area contributed by atoms with Gasteiger partial charge in [0.25, 0.3) is 5.91 Å². The van der Waals surface area contributed by atoms with Gasteiger partial charge >= 0.3 is 0 Å². The Labute approximate surface area is 140 Å². The Morgan fingerprint density at radius 2 is 2.08 bits per heavy atom. The van der Waals surface area contributed by atoms with Crippen molar-refractivity contribution in [1.29, 1.82) is 0 Å². The summed E-state index contributed by atoms with van der Waals surface area (Å²) in [6.07, 6.45) is 4.27. The summed E-state index contributed by atoms with van der Waals surface area (Å²) in [4.78, 5) is 20.7. The molecule has 24 heavy (non-hydrogen) atoms. The summed E-state index contributed by atoms with van der Waals surface area (Å²) in [6, 6.07) is 11.5. The van der Waals surface area contributed by atoms with Crippen molar-refractivity contribution >= 4 is 16.9 Å². The zero-order valence-corrected chi connectivity index (χ0v) is 13.6. The van der Waals surface area contributed by atoms with Gasteiger partial charge in [-0.3, -0.25) is 4.79 Å². The third-order valence-corrected chi connectivity index (χ3v) is 3.69. The molecule has 0 fully saturated rings. The van der Waals surface area contributed by atoms with E-state index in [1.165, 1.54) is 0 Å². The van der Waals surface area contributed by atoms with Crippen molar-refractivity contribution in [3.63, 3.8) is 0 Å². The van der Waals surface area contributed by atoms with E-state index in [4.69, 9.17) is 4.74 Å². The number of rotatable bonds is 7. The Morgan fingerprint density at radius 3 is 2.96 bits per heavy atom. The van der Waals surface area contributed by atoms with Crippen LogP contribution in [0.5, 0.6) is 5.88 Å². The molecule has 6 heteroatoms. The third-order valence-electron chi connectivity index (χ3n) is 3.69. The van der Waals surface area contributed by atoms with E-state index in [0.29, 0.717) is 24.6 Å². The van der Waals surface area contributed by atoms with E-state index in [1.54, 1.807) is 18.3 Å². The van der Waals surface area contributed by atoms with Gasteiger partial charge < -0.3 is 14.6 Å². The Balaban J connectivity index is 1.54. The highest BCUT2D eigenvalue weighted by Gasteiger charge is 2.12. The molecule has 0 radical (unpaired) electrons. The van der Waals surface area contributed by atoms with E-state index in [0.717, 1.165) is 24.0 Å². The van der Waals surface area contributed by atoms with Crippen LogP contribution in [0.25, 0.3) is 11.0 Å². The monoisotopic (exact) mass is 324 g/mol. The Hall–Kier alpha value is -2.89. The van der Waals surface area contributed by atoms with Gasteiger partial charge in [0, 0.05) is 19.3 Å². The number of pyridine rings is 1. The van der Waals surface area contributed by atoms with Gasteiger partial charge in [0.05, 0.1) is 24.0 Å². The van der Waals surface area contributed by atoms with Gasteiger partial charge in [0.15, 0.2) is 0 Å². The van der Waals surface area contributed by atoms with Crippen LogP contribution in [0.3, 0.4) is 0 Å². The van der Waals surface area contributed by atoms with E-state index < -0.39 is 0 Å². The minimum absolute atomic E-state index is 0.165. The average Bonchev–Trinajstić information content (AvgIpc) is 3.02. The number of imidazole rings is 1. The van der Waals surface area contributed by atoms with Gasteiger partial charge in [-0.15, -0.1) is 0 Å². The molecule has 3 aromatic rings. The van der Waals surface area contributed by atoms with E-state index in [-0.39, 0.29) is 5.91 Å². The van der Waals surface area contributed by atoms with Crippen LogP contribution in [0.2, 0.25) is 0 Å². The number of nitrogens with one attached hydrogen (secondary N) is 1. The molecule has 0 atom stereocenters. The number of benzene rings is 1. The lowest BCUT2D eigenvalue weighted by atomic mass is 10.2. The first-order valence-electron chi connectivity index (χ1n) is 8.05. The van der Waals surface area contributed by atoms with Crippen molar-refractivity contribution in [2.75, 3.05) is 13.2 Å². The normalized spacial score (nSPS) is 10.7. The SMILES string of the molecule is CCOc1ncccc1C(=O)NCCCn1cnc2ccccc21. The van der Waals surface area contributed by atoms with E-state index in [1.807, 2.05) is 37.5 Å². The molecule has 2 aromatic heterocycles. The van der Waals surface area contributed by atoms with Crippen LogP contribution in [-0.2, 0) is 6.54 Å². The number of para-hydroxylation sites is 2. The number of nitrogens with zero attached hydrogens (tertiary/aromatic N) is 3. The predicted molar refractivity (Wildman–Crippen MR) is 92.1 cm³/mol. The maximum atomic E-state index is 12.3. The molecule has 0 spiro atoms. The lowest BCUT2D eigenvalue weighted by molar-refractivity contribution is 0.0948. The summed E-state index contributed by atoms with van der Waals surface area (Å²) in [6.45, 7) is 3.72. The van der Waals surface area contributed by atoms with Gasteiger partial charge in [0.1, 0.15) is 5.56 Å². The van der Waals surface area contributed by atoms with Crippen LogP contribution in [-0.4, -0.2) is 33.6 Å². The number of hydrogen-bond donors (Lipinski definition) is 1. The standard InChI is InChI=1S/C18H20N4O2/c1-2-24-18-14(7-5-10-20-18)17(23)19-11-6-12-22-13-21-15-8-3-4-9-16(15)22/h3-5,7-10,13H,2,6,11-12H2,1H3,(H,19,23). The minimum Gasteiger partial charge on any atom is -0.477 e. The van der Waals surface area contributed by atoms with Crippen molar-refractivity contribution in [2.24, 2.45) is 0 Å². The summed E-state index contributed by atoms with van der Waals surface area (Å²) >= 11 is 0. The fraction of sp³-hybridized carbons (Fsp3) is 0.278. The van der Waals surface area contributed by atoms with Gasteiger partial charge in [-0.2, -0.15) is 0 Å². The highest BCUT2D eigenvalue weighted by Crippen LogP contribution is 2.14. The second-order valence-corrected chi connectivity index (χ2v) is 5.33. The van der Waals surface area contributed by atoms with Crippen molar-refractivity contribution in [2.45, 2.75) is 19.9 Å². The van der Waals surface area contributed by atoms with E-state index in [9.17, 15) is 4.79 Å². The van der Waals surface area contributed by atoms with Crippen LogP contribution in [0.4, 0.5) is 0 Å². The molecule has 0 aliphatic heterocycles. The minimum atomic E-state index is -0.165. The van der Waals surface area contributed by atoms with Crippen molar-refractivity contribution < 1.29 is 9.53 Å². The number of aromatic nitrogens is 3. The first kappa shape index (κ1) is 16.0. The number of carbonyl (C=O) groups is 1. The molecule has 1 amide bonds. The highest BCUT2D eigenvalue weighted by atomic mass is 16.5. The van der Waals surface area contributed by atoms with E-state index in [2.05, 4.69) is 19.9 Å². The molecule has 2 heterocycles. The summed E-state index contributed by atoms with van der Waals surface area (Å²) < 4.78 is 7.48. The molecule has 0 bridgehead atoms. The fourth-order valence-electron chi connectivity index (χ4n) is 2.55. The molecule has 0 aliphatic carbocycles. The molecular weight excluding hydrogens is 304 g/mol. The number of carbonyl (C=O) groups excluding carboxylic acids is 1. The van der Waals surface area contributed by atoms with Gasteiger partial charge in [-0.05, 0) is 37.6 Å². The number of aryl methyl sites for hydroxylation is 1. The van der Waals surface area contributed by atoms with Crippen LogP contribution in [0.15, 0.2) is 48.9 Å². The quantitative estimate of drug-likeness (QED) is 0.678. The maximum Gasteiger partial charge on any atom is 0.256 e. The van der Waals surface area contributed by atoms with Crippen LogP contribution in [0, 0.1) is 0 Å². The predicted octanol–water partition coefficient (Wildman–Crippen LogP) is 2.65. The second-order valence-electron chi connectivity index (χ2n) is 5.33. The topological polar surface area (TPSA) is 69.0 Å². The summed E-state index contributed by atoms with van der Waals surface area (Å²) in [5.41, 5.74) is 2.56. The molecule has 0 saturated carbocycles. The third kappa shape index (κ3) is 3.53. The molecule has 0 aliphatic rings. The first-order valence-corrected chi connectivity index (χ1v) is 8.05. The summed E-state index contributed by atoms with van der Waals surface area (Å²) in [7, 11) is 0. The highest BCUT2D eigenvalue weighted by molar-refractivity contribution is 5.96. The number of hydrogen-bond acceptors (Lipinski definition) is 4. The number of ether oxygens (including phenoxy) is 1. The Morgan fingerprint density at radius 1 is 1.21 bits per heavy atom. The molecule has 1 N–H and O–H groups in total. The lowest BCUT2D eigenvalue weighted by Gasteiger charge is -2.09. The average molecular weight is 324 g/mol. The summed E-state index contributed by atoms with van der Waals surface area (Å²) in [5, 5.41) is 2.92. The molecule has 3 rings (SSSR count). The molecule has 0 saturated heterocycles. The van der Waals surface area contributed by atoms with Crippen molar-refractivity contribution in [1.82, 2.24) is 19.9 Å². The molecular formula is C18H20N4O2. The van der Waals surface area contributed by atoms with Gasteiger partial charge in [-0.1, -0.05) is 12.1 Å². The number of amides is 1. The molecule has 0 unspecified atom stereocenters. The van der Waals surface area contributed by atoms with Gasteiger partial charge in [0.2, 0.25) is 5.88 Å². The number of fused-ring (bicyclic) bond motifs is 1. The van der Waals surface area contributed by atoms with Crippen LogP contribution < -0.4 is 10.1 Å². The van der Waals surface area contributed by atoms with Crippen molar-refractivity contribution in [3.05, 3.63) is 54.5 Å². The molecule has 6 nitrogen and oxygen atoms in total. The Kier molecular flexibility index (Phi) is 5.05. The van der Waals surface area contributed by atoms with E-state index >= 15 is 0 Å². The largest absolute Gasteiger partial charge is 0.477 e. The van der Waals surface area contributed by atoms with Crippen LogP contribution in [0.1, 0.15) is 23.7 Å². The summed E-state index contributed by atoms with van der Waals surface area (Å²) in [5.74, 6) is 0.208. The molecule has 124 valence electrons. The zero-order valence-electron chi connectivity index (χ0n) is 13.6. The zero-order chi connectivity index (χ0) is 16.8. The van der Waals surface area contributed by atoms with Crippen molar-refractivity contribution in [3.8, 4) is 5.88 Å². The first-order chi connectivity index (χ1) is 11.8. The van der Waals surface area contributed by atoms with Crippen LogP contribution >= 0.6 is 0 Å².